The van der Waals surface area contributed by atoms with Gasteiger partial charge < -0.3 is 9.47 Å². The van der Waals surface area contributed by atoms with Crippen molar-refractivity contribution in [3.63, 3.8) is 0 Å². The van der Waals surface area contributed by atoms with Crippen molar-refractivity contribution in [2.75, 3.05) is 0 Å². The highest BCUT2D eigenvalue weighted by Crippen LogP contribution is 2.29. The summed E-state index contributed by atoms with van der Waals surface area (Å²) in [5.41, 5.74) is 3.65. The second-order valence-corrected chi connectivity index (χ2v) is 5.67. The average Bonchev–Trinajstić information content (AvgIpc) is 2.55. The summed E-state index contributed by atoms with van der Waals surface area (Å²) in [6, 6.07) is 13.4. The Bertz CT molecular complexity index is 783. The SMILES string of the molecule is C=C(C)C(=O)Oc1ccc(-c2ccc(O/C(C)=C\C)cc2C)cc1. The highest BCUT2D eigenvalue weighted by atomic mass is 16.5. The third-order valence-corrected chi connectivity index (χ3v) is 3.61. The minimum absolute atomic E-state index is 0.377. The Balaban J connectivity index is 2.19. The number of rotatable bonds is 5. The third-order valence-electron chi connectivity index (χ3n) is 3.61. The molecule has 0 atom stereocenters. The number of aryl methyl sites for hydroxylation is 1. The molecule has 2 aromatic rings. The van der Waals surface area contributed by atoms with Gasteiger partial charge in [0, 0.05) is 5.57 Å². The van der Waals surface area contributed by atoms with Crippen LogP contribution in [0.4, 0.5) is 0 Å². The van der Waals surface area contributed by atoms with E-state index in [0.29, 0.717) is 11.3 Å². The Morgan fingerprint density at radius 2 is 1.62 bits per heavy atom. The zero-order valence-electron chi connectivity index (χ0n) is 14.6. The van der Waals surface area contributed by atoms with Crippen LogP contribution >= 0.6 is 0 Å². The summed E-state index contributed by atoms with van der Waals surface area (Å²) in [5.74, 6) is 1.78. The molecule has 0 saturated carbocycles. The first kappa shape index (κ1) is 17.5. The normalized spacial score (nSPS) is 11.1. The number of carbonyl (C=O) groups is 1. The summed E-state index contributed by atoms with van der Waals surface area (Å²) >= 11 is 0. The minimum atomic E-state index is -0.417. The lowest BCUT2D eigenvalue weighted by Gasteiger charge is -2.11. The quantitative estimate of drug-likeness (QED) is 0.318. The van der Waals surface area contributed by atoms with E-state index in [4.69, 9.17) is 9.47 Å². The summed E-state index contributed by atoms with van der Waals surface area (Å²) in [6.07, 6.45) is 1.92. The molecule has 0 heterocycles. The summed E-state index contributed by atoms with van der Waals surface area (Å²) in [6.45, 7) is 11.1. The molecule has 0 radical (unpaired) electrons. The molecule has 0 bridgehead atoms. The van der Waals surface area contributed by atoms with E-state index in [1.54, 1.807) is 19.1 Å². The molecule has 0 N–H and O–H groups in total. The van der Waals surface area contributed by atoms with Gasteiger partial charge in [0.1, 0.15) is 11.5 Å². The van der Waals surface area contributed by atoms with E-state index in [1.165, 1.54) is 0 Å². The number of hydrogen-bond donors (Lipinski definition) is 0. The van der Waals surface area contributed by atoms with Crippen molar-refractivity contribution in [2.24, 2.45) is 0 Å². The predicted octanol–water partition coefficient (Wildman–Crippen LogP) is 5.45. The zero-order valence-corrected chi connectivity index (χ0v) is 14.6. The zero-order chi connectivity index (χ0) is 17.7. The summed E-state index contributed by atoms with van der Waals surface area (Å²) < 4.78 is 10.9. The standard InChI is InChI=1S/C21H22O3/c1-6-16(5)23-19-11-12-20(15(4)13-19)17-7-9-18(10-8-17)24-21(22)14(2)3/h6-13H,2H2,1,3-5H3/b16-6-. The lowest BCUT2D eigenvalue weighted by molar-refractivity contribution is -0.130. The molecule has 0 saturated heterocycles. The molecule has 3 heteroatoms. The molecule has 0 spiro atoms. The van der Waals surface area contributed by atoms with Crippen LogP contribution in [0.3, 0.4) is 0 Å². The molecule has 24 heavy (non-hydrogen) atoms. The van der Waals surface area contributed by atoms with Crippen LogP contribution in [-0.4, -0.2) is 5.97 Å². The van der Waals surface area contributed by atoms with Gasteiger partial charge in [-0.2, -0.15) is 0 Å². The van der Waals surface area contributed by atoms with Gasteiger partial charge in [-0.05, 0) is 74.7 Å². The first-order valence-electron chi connectivity index (χ1n) is 7.80. The number of allylic oxidation sites excluding steroid dienone is 2. The van der Waals surface area contributed by atoms with Gasteiger partial charge in [-0.15, -0.1) is 0 Å². The van der Waals surface area contributed by atoms with Gasteiger partial charge in [0.05, 0.1) is 5.76 Å². The van der Waals surface area contributed by atoms with E-state index >= 15 is 0 Å². The molecular formula is C21H22O3. The van der Waals surface area contributed by atoms with Crippen molar-refractivity contribution in [3.8, 4) is 22.6 Å². The Morgan fingerprint density at radius 1 is 1.00 bits per heavy atom. The van der Waals surface area contributed by atoms with Crippen LogP contribution in [0.2, 0.25) is 0 Å². The van der Waals surface area contributed by atoms with E-state index in [1.807, 2.05) is 57.2 Å². The van der Waals surface area contributed by atoms with Crippen LogP contribution in [0.15, 0.2) is 66.5 Å². The number of ether oxygens (including phenoxy) is 2. The van der Waals surface area contributed by atoms with E-state index in [0.717, 1.165) is 28.2 Å². The summed E-state index contributed by atoms with van der Waals surface area (Å²) in [5, 5.41) is 0. The largest absolute Gasteiger partial charge is 0.462 e. The average molecular weight is 322 g/mol. The fourth-order valence-electron chi connectivity index (χ4n) is 2.17. The van der Waals surface area contributed by atoms with Crippen molar-refractivity contribution >= 4 is 5.97 Å². The van der Waals surface area contributed by atoms with Crippen molar-refractivity contribution < 1.29 is 14.3 Å². The fourth-order valence-corrected chi connectivity index (χ4v) is 2.17. The van der Waals surface area contributed by atoms with Crippen molar-refractivity contribution in [1.29, 1.82) is 0 Å². The Hall–Kier alpha value is -2.81. The monoisotopic (exact) mass is 322 g/mol. The van der Waals surface area contributed by atoms with Crippen LogP contribution in [0, 0.1) is 6.92 Å². The molecule has 0 aliphatic rings. The molecule has 0 aliphatic heterocycles. The molecule has 0 unspecified atom stereocenters. The van der Waals surface area contributed by atoms with Crippen molar-refractivity contribution in [2.45, 2.75) is 27.7 Å². The van der Waals surface area contributed by atoms with Crippen molar-refractivity contribution in [3.05, 3.63) is 72.0 Å². The smallest absolute Gasteiger partial charge is 0.338 e. The van der Waals surface area contributed by atoms with Crippen molar-refractivity contribution in [1.82, 2.24) is 0 Å². The molecule has 0 aromatic heterocycles. The number of hydrogen-bond acceptors (Lipinski definition) is 3. The summed E-state index contributed by atoms with van der Waals surface area (Å²) in [7, 11) is 0. The molecule has 0 amide bonds. The first-order valence-corrected chi connectivity index (χ1v) is 7.80. The van der Waals surface area contributed by atoms with E-state index in [9.17, 15) is 4.79 Å². The highest BCUT2D eigenvalue weighted by molar-refractivity contribution is 5.88. The van der Waals surface area contributed by atoms with Crippen LogP contribution < -0.4 is 9.47 Å². The molecule has 124 valence electrons. The second-order valence-electron chi connectivity index (χ2n) is 5.67. The fraction of sp³-hybridized carbons (Fsp3) is 0.190. The van der Waals surface area contributed by atoms with Crippen LogP contribution in [0.25, 0.3) is 11.1 Å². The van der Waals surface area contributed by atoms with Gasteiger partial charge in [0.15, 0.2) is 0 Å². The maximum atomic E-state index is 11.5. The number of carbonyl (C=O) groups excluding carboxylic acids is 1. The van der Waals surface area contributed by atoms with Gasteiger partial charge in [-0.3, -0.25) is 0 Å². The first-order chi connectivity index (χ1) is 11.4. The maximum absolute atomic E-state index is 11.5. The van der Waals surface area contributed by atoms with Gasteiger partial charge in [0.2, 0.25) is 0 Å². The van der Waals surface area contributed by atoms with Crippen LogP contribution in [0.5, 0.6) is 11.5 Å². The second kappa shape index (κ2) is 7.64. The molecular weight excluding hydrogens is 300 g/mol. The topological polar surface area (TPSA) is 35.5 Å². The van der Waals surface area contributed by atoms with E-state index in [-0.39, 0.29) is 0 Å². The number of benzene rings is 2. The summed E-state index contributed by atoms with van der Waals surface area (Å²) in [4.78, 5) is 11.5. The highest BCUT2D eigenvalue weighted by Gasteiger charge is 2.07. The molecule has 2 aromatic carbocycles. The predicted molar refractivity (Wildman–Crippen MR) is 97.1 cm³/mol. The Kier molecular flexibility index (Phi) is 5.59. The molecule has 2 rings (SSSR count). The third kappa shape index (κ3) is 4.35. The lowest BCUT2D eigenvalue weighted by Crippen LogP contribution is -2.07. The maximum Gasteiger partial charge on any atom is 0.338 e. The molecule has 0 fully saturated rings. The van der Waals surface area contributed by atoms with E-state index in [2.05, 4.69) is 6.58 Å². The minimum Gasteiger partial charge on any atom is -0.462 e. The molecule has 3 nitrogen and oxygen atoms in total. The van der Waals surface area contributed by atoms with Gasteiger partial charge >= 0.3 is 5.97 Å². The Morgan fingerprint density at radius 3 is 2.17 bits per heavy atom. The number of esters is 1. The molecule has 0 aliphatic carbocycles. The van der Waals surface area contributed by atoms with E-state index < -0.39 is 5.97 Å². The van der Waals surface area contributed by atoms with Crippen LogP contribution in [0.1, 0.15) is 26.3 Å². The van der Waals surface area contributed by atoms with Gasteiger partial charge in [-0.25, -0.2) is 4.79 Å². The van der Waals surface area contributed by atoms with Gasteiger partial charge in [0.25, 0.3) is 0 Å². The lowest BCUT2D eigenvalue weighted by atomic mass is 10.0. The van der Waals surface area contributed by atoms with Gasteiger partial charge in [-0.1, -0.05) is 24.8 Å². The Labute approximate surface area is 143 Å². The van der Waals surface area contributed by atoms with Crippen LogP contribution in [-0.2, 0) is 4.79 Å².